The number of ether oxygens (including phenoxy) is 1. The third-order valence-corrected chi connectivity index (χ3v) is 6.02. The van der Waals surface area contributed by atoms with Crippen molar-refractivity contribution in [2.24, 2.45) is 5.73 Å². The van der Waals surface area contributed by atoms with Gasteiger partial charge in [0.2, 0.25) is 5.95 Å². The molecule has 2 aliphatic carbocycles. The zero-order valence-electron chi connectivity index (χ0n) is 17.8. The third kappa shape index (κ3) is 6.55. The summed E-state index contributed by atoms with van der Waals surface area (Å²) in [6.45, 7) is 1.47. The molecule has 2 aromatic rings. The molecule has 0 aliphatic heterocycles. The molecule has 0 radical (unpaired) electrons. The summed E-state index contributed by atoms with van der Waals surface area (Å²) in [5.41, 5.74) is 7.74. The van der Waals surface area contributed by atoms with E-state index in [9.17, 15) is 0 Å². The number of nitrogens with one attached hydrogen (secondary N) is 2. The molecule has 5 N–H and O–H groups in total. The van der Waals surface area contributed by atoms with Gasteiger partial charge in [-0.15, -0.1) is 24.8 Å². The molecule has 2 aliphatic rings. The van der Waals surface area contributed by atoms with Crippen LogP contribution in [0.4, 0.5) is 11.8 Å². The number of nitrogens with zero attached hydrogens (tertiary/aromatic N) is 4. The molecule has 0 amide bonds. The topological polar surface area (TPSA) is 123 Å². The Balaban J connectivity index is 0.00000171. The summed E-state index contributed by atoms with van der Waals surface area (Å²) in [7, 11) is 0. The number of rotatable bonds is 9. The normalized spacial score (nSPS) is 21.5. The first-order valence-electron chi connectivity index (χ1n) is 10.9. The molecule has 11 heteroatoms. The lowest BCUT2D eigenvalue weighted by molar-refractivity contribution is 0.0992. The fourth-order valence-electron chi connectivity index (χ4n) is 4.41. The zero-order chi connectivity index (χ0) is 20.1. The minimum atomic E-state index is 0. The highest BCUT2D eigenvalue weighted by Gasteiger charge is 2.23. The number of nitrogens with two attached hydrogens (primary N) is 1. The molecule has 9 nitrogen and oxygen atoms in total. The zero-order valence-corrected chi connectivity index (χ0v) is 19.5. The molecule has 0 bridgehead atoms. The van der Waals surface area contributed by atoms with Crippen LogP contribution in [0.3, 0.4) is 0 Å². The van der Waals surface area contributed by atoms with E-state index in [1.165, 1.54) is 25.7 Å². The Kier molecular flexibility index (Phi) is 10.5. The van der Waals surface area contributed by atoms with Crippen molar-refractivity contribution in [3.63, 3.8) is 0 Å². The van der Waals surface area contributed by atoms with E-state index in [4.69, 9.17) is 25.5 Å². The molecular formula is C20H35Cl2N7O2. The summed E-state index contributed by atoms with van der Waals surface area (Å²) in [5.74, 6) is 1.38. The van der Waals surface area contributed by atoms with E-state index in [0.717, 1.165) is 42.7 Å². The van der Waals surface area contributed by atoms with E-state index >= 15 is 0 Å². The molecule has 0 unspecified atom stereocenters. The van der Waals surface area contributed by atoms with Gasteiger partial charge in [0.25, 0.3) is 0 Å². The number of imidazole rings is 1. The lowest BCUT2D eigenvalue weighted by Gasteiger charge is -2.27. The molecular weight excluding hydrogens is 441 g/mol. The maximum atomic E-state index is 8.84. The summed E-state index contributed by atoms with van der Waals surface area (Å²) in [4.78, 5) is 14.2. The van der Waals surface area contributed by atoms with E-state index in [1.54, 1.807) is 0 Å². The number of aliphatic hydroxyl groups excluding tert-OH is 1. The van der Waals surface area contributed by atoms with Crippen molar-refractivity contribution in [3.8, 4) is 0 Å². The van der Waals surface area contributed by atoms with E-state index in [0.29, 0.717) is 43.8 Å². The minimum absolute atomic E-state index is 0. The van der Waals surface area contributed by atoms with Crippen LogP contribution in [0.1, 0.15) is 57.4 Å². The highest BCUT2D eigenvalue weighted by Crippen LogP contribution is 2.33. The van der Waals surface area contributed by atoms with Crippen LogP contribution in [0.5, 0.6) is 0 Å². The molecule has 2 heterocycles. The van der Waals surface area contributed by atoms with Gasteiger partial charge in [0.15, 0.2) is 17.0 Å². The van der Waals surface area contributed by atoms with Crippen molar-refractivity contribution >= 4 is 47.7 Å². The van der Waals surface area contributed by atoms with Crippen LogP contribution in [0.2, 0.25) is 0 Å². The molecule has 2 aromatic heterocycles. The van der Waals surface area contributed by atoms with E-state index < -0.39 is 0 Å². The summed E-state index contributed by atoms with van der Waals surface area (Å²) < 4.78 is 7.58. The minimum Gasteiger partial charge on any atom is -0.394 e. The van der Waals surface area contributed by atoms with Crippen LogP contribution in [0.25, 0.3) is 11.2 Å². The van der Waals surface area contributed by atoms with Gasteiger partial charge in [-0.1, -0.05) is 12.8 Å². The Morgan fingerprint density at radius 2 is 1.81 bits per heavy atom. The van der Waals surface area contributed by atoms with Crippen molar-refractivity contribution in [3.05, 3.63) is 6.33 Å². The Hall–Kier alpha value is -1.39. The monoisotopic (exact) mass is 475 g/mol. The van der Waals surface area contributed by atoms with Crippen LogP contribution in [0, 0.1) is 0 Å². The van der Waals surface area contributed by atoms with Crippen molar-refractivity contribution in [2.45, 2.75) is 69.5 Å². The van der Waals surface area contributed by atoms with E-state index in [2.05, 4.69) is 20.2 Å². The average molecular weight is 476 g/mol. The number of anilines is 2. The number of aliphatic hydroxyl groups is 1. The molecule has 31 heavy (non-hydrogen) atoms. The Bertz CT molecular complexity index is 793. The number of hydrogen-bond acceptors (Lipinski definition) is 8. The van der Waals surface area contributed by atoms with Gasteiger partial charge in [0.05, 0.1) is 26.1 Å². The lowest BCUT2D eigenvalue weighted by atomic mass is 9.92. The Labute approximate surface area is 195 Å². The first kappa shape index (κ1) is 25.9. The summed E-state index contributed by atoms with van der Waals surface area (Å²) >= 11 is 0. The second-order valence-electron chi connectivity index (χ2n) is 8.18. The second-order valence-corrected chi connectivity index (χ2v) is 8.18. The highest BCUT2D eigenvalue weighted by molar-refractivity contribution is 5.86. The van der Waals surface area contributed by atoms with E-state index in [1.807, 2.05) is 6.33 Å². The number of halogens is 2. The van der Waals surface area contributed by atoms with Gasteiger partial charge in [-0.25, -0.2) is 4.98 Å². The van der Waals surface area contributed by atoms with E-state index in [-0.39, 0.29) is 31.4 Å². The molecule has 0 saturated heterocycles. The van der Waals surface area contributed by atoms with Gasteiger partial charge in [0.1, 0.15) is 0 Å². The van der Waals surface area contributed by atoms with Gasteiger partial charge in [-0.05, 0) is 38.5 Å². The Morgan fingerprint density at radius 3 is 2.52 bits per heavy atom. The summed E-state index contributed by atoms with van der Waals surface area (Å²) in [6.07, 6.45) is 10.9. The lowest BCUT2D eigenvalue weighted by Crippen LogP contribution is -2.33. The highest BCUT2D eigenvalue weighted by atomic mass is 35.5. The molecule has 4 rings (SSSR count). The second kappa shape index (κ2) is 12.6. The van der Waals surface area contributed by atoms with Gasteiger partial charge >= 0.3 is 0 Å². The van der Waals surface area contributed by atoms with Gasteiger partial charge in [0, 0.05) is 24.7 Å². The smallest absolute Gasteiger partial charge is 0.227 e. The van der Waals surface area contributed by atoms with Crippen LogP contribution < -0.4 is 16.4 Å². The summed E-state index contributed by atoms with van der Waals surface area (Å²) in [5, 5.41) is 15.7. The fraction of sp³-hybridized carbons (Fsp3) is 0.750. The first-order valence-corrected chi connectivity index (χ1v) is 10.9. The summed E-state index contributed by atoms with van der Waals surface area (Å²) in [6, 6.07) is 1.14. The van der Waals surface area contributed by atoms with Crippen molar-refractivity contribution < 1.29 is 9.84 Å². The van der Waals surface area contributed by atoms with Crippen LogP contribution in [0.15, 0.2) is 6.33 Å². The van der Waals surface area contributed by atoms with Gasteiger partial charge in [-0.3, -0.25) is 0 Å². The van der Waals surface area contributed by atoms with Crippen molar-refractivity contribution in [1.29, 1.82) is 0 Å². The molecule has 2 saturated carbocycles. The fourth-order valence-corrected chi connectivity index (χ4v) is 4.41. The van der Waals surface area contributed by atoms with Gasteiger partial charge in [-0.2, -0.15) is 9.97 Å². The quantitative estimate of drug-likeness (QED) is 0.408. The number of fused-ring (bicyclic) bond motifs is 1. The number of aromatic nitrogens is 4. The SMILES string of the molecule is Cl.Cl.NC1CCC(Nc2nc(NCCOCCO)c3ncn(C4CCCC4)c3n2)CC1. The van der Waals surface area contributed by atoms with Crippen LogP contribution >= 0.6 is 24.8 Å². The van der Waals surface area contributed by atoms with Crippen molar-refractivity contribution in [1.82, 2.24) is 19.5 Å². The Morgan fingerprint density at radius 1 is 1.06 bits per heavy atom. The number of hydrogen-bond donors (Lipinski definition) is 4. The average Bonchev–Trinajstić information content (AvgIpc) is 3.39. The molecule has 176 valence electrons. The first-order chi connectivity index (χ1) is 14.2. The maximum Gasteiger partial charge on any atom is 0.227 e. The van der Waals surface area contributed by atoms with Gasteiger partial charge < -0.3 is 30.8 Å². The van der Waals surface area contributed by atoms with Crippen LogP contribution in [-0.4, -0.2) is 63.1 Å². The van der Waals surface area contributed by atoms with Crippen LogP contribution in [-0.2, 0) is 4.74 Å². The molecule has 0 aromatic carbocycles. The maximum absolute atomic E-state index is 8.84. The largest absolute Gasteiger partial charge is 0.394 e. The predicted molar refractivity (Wildman–Crippen MR) is 128 cm³/mol. The van der Waals surface area contributed by atoms with Crippen molar-refractivity contribution in [2.75, 3.05) is 37.0 Å². The molecule has 2 fully saturated rings. The third-order valence-electron chi connectivity index (χ3n) is 6.02. The standard InChI is InChI=1S/C20H33N7O2.2ClH/c21-14-5-7-15(8-6-14)24-20-25-18(22-9-11-29-12-10-28)17-19(26-20)27(13-23-17)16-3-1-2-4-16;;/h13-16,28H,1-12,21H2,(H2,22,24,25,26);2*1H. The molecule has 0 atom stereocenters. The predicted octanol–water partition coefficient (Wildman–Crippen LogP) is 2.89. The molecule has 0 spiro atoms.